The topological polar surface area (TPSA) is 49.9 Å². The number of H-pyrrole nitrogens is 1. The molecule has 1 heterocycles. The zero-order chi connectivity index (χ0) is 16.4. The molecule has 0 saturated heterocycles. The van der Waals surface area contributed by atoms with E-state index in [1.54, 1.807) is 12.1 Å². The van der Waals surface area contributed by atoms with E-state index in [9.17, 15) is 8.42 Å². The lowest BCUT2D eigenvalue weighted by molar-refractivity contribution is 0.588. The number of hydrogen-bond acceptors (Lipinski definition) is 2. The summed E-state index contributed by atoms with van der Waals surface area (Å²) in [7, 11) is -3.23. The molecule has 2 aromatic carbocycles. The van der Waals surface area contributed by atoms with Crippen molar-refractivity contribution in [3.05, 3.63) is 65.9 Å². The summed E-state index contributed by atoms with van der Waals surface area (Å²) in [6.45, 7) is 4.04. The van der Waals surface area contributed by atoms with E-state index in [-0.39, 0.29) is 11.7 Å². The Kier molecular flexibility index (Phi) is 4.26. The largest absolute Gasteiger partial charge is 0.361 e. The van der Waals surface area contributed by atoms with E-state index in [4.69, 9.17) is 0 Å². The molecule has 4 heteroatoms. The molecule has 3 aromatic rings. The van der Waals surface area contributed by atoms with Crippen LogP contribution < -0.4 is 0 Å². The monoisotopic (exact) mass is 327 g/mol. The number of para-hydroxylation sites is 1. The van der Waals surface area contributed by atoms with Crippen molar-refractivity contribution >= 4 is 20.7 Å². The summed E-state index contributed by atoms with van der Waals surface area (Å²) < 4.78 is 24.9. The zero-order valence-electron chi connectivity index (χ0n) is 13.4. The van der Waals surface area contributed by atoms with Gasteiger partial charge in [-0.15, -0.1) is 0 Å². The third-order valence-electron chi connectivity index (χ3n) is 4.35. The fourth-order valence-corrected chi connectivity index (χ4v) is 4.30. The normalized spacial score (nSPS) is 13.3. The summed E-state index contributed by atoms with van der Waals surface area (Å²) in [5.74, 6) is 0.350. The summed E-state index contributed by atoms with van der Waals surface area (Å²) in [5, 5.41) is 1.17. The average molecular weight is 327 g/mol. The smallest absolute Gasteiger partial charge is 0.178 e. The van der Waals surface area contributed by atoms with Crippen molar-refractivity contribution in [2.75, 3.05) is 5.75 Å². The van der Waals surface area contributed by atoms with E-state index in [1.807, 2.05) is 43.5 Å². The predicted octanol–water partition coefficient (Wildman–Crippen LogP) is 4.44. The molecule has 1 atom stereocenters. The Morgan fingerprint density at radius 3 is 2.48 bits per heavy atom. The zero-order valence-corrected chi connectivity index (χ0v) is 14.2. The van der Waals surface area contributed by atoms with E-state index in [0.717, 1.165) is 11.1 Å². The Balaban J connectivity index is 1.76. The minimum atomic E-state index is -3.23. The van der Waals surface area contributed by atoms with Gasteiger partial charge < -0.3 is 4.98 Å². The molecule has 3 nitrogen and oxygen atoms in total. The second-order valence-electron chi connectivity index (χ2n) is 6.11. The quantitative estimate of drug-likeness (QED) is 0.753. The van der Waals surface area contributed by atoms with Gasteiger partial charge in [-0.2, -0.15) is 0 Å². The van der Waals surface area contributed by atoms with Crippen LogP contribution in [0.2, 0.25) is 0 Å². The lowest BCUT2D eigenvalue weighted by atomic mass is 9.98. The van der Waals surface area contributed by atoms with E-state index >= 15 is 0 Å². The van der Waals surface area contributed by atoms with Gasteiger partial charge in [0.2, 0.25) is 0 Å². The molecule has 120 valence electrons. The second kappa shape index (κ2) is 6.20. The Morgan fingerprint density at radius 2 is 1.74 bits per heavy atom. The van der Waals surface area contributed by atoms with Crippen LogP contribution in [0.25, 0.3) is 10.9 Å². The van der Waals surface area contributed by atoms with Gasteiger partial charge in [-0.25, -0.2) is 8.42 Å². The third-order valence-corrected chi connectivity index (χ3v) is 6.12. The van der Waals surface area contributed by atoms with Crippen LogP contribution in [0.15, 0.2) is 59.6 Å². The van der Waals surface area contributed by atoms with E-state index in [1.165, 1.54) is 10.9 Å². The maximum absolute atomic E-state index is 12.5. The highest BCUT2D eigenvalue weighted by molar-refractivity contribution is 7.91. The molecule has 1 N–H and O–H groups in total. The van der Waals surface area contributed by atoms with Crippen LogP contribution >= 0.6 is 0 Å². The van der Waals surface area contributed by atoms with Crippen LogP contribution in [0.4, 0.5) is 0 Å². The summed E-state index contributed by atoms with van der Waals surface area (Å²) >= 11 is 0. The van der Waals surface area contributed by atoms with Gasteiger partial charge in [0, 0.05) is 17.1 Å². The molecule has 0 spiro atoms. The lowest BCUT2D eigenvalue weighted by Gasteiger charge is -2.11. The van der Waals surface area contributed by atoms with Crippen molar-refractivity contribution in [1.29, 1.82) is 0 Å². The van der Waals surface area contributed by atoms with E-state index in [0.29, 0.717) is 11.3 Å². The number of rotatable bonds is 5. The molecule has 0 bridgehead atoms. The van der Waals surface area contributed by atoms with Crippen molar-refractivity contribution in [2.24, 2.45) is 0 Å². The average Bonchev–Trinajstić information content (AvgIpc) is 2.97. The van der Waals surface area contributed by atoms with Crippen molar-refractivity contribution in [3.8, 4) is 0 Å². The van der Waals surface area contributed by atoms with Crippen LogP contribution in [0.3, 0.4) is 0 Å². The van der Waals surface area contributed by atoms with E-state index < -0.39 is 9.84 Å². The van der Waals surface area contributed by atoms with Crippen molar-refractivity contribution in [3.63, 3.8) is 0 Å². The summed E-state index contributed by atoms with van der Waals surface area (Å²) in [4.78, 5) is 3.67. The summed E-state index contributed by atoms with van der Waals surface area (Å²) in [6.07, 6.45) is 2.60. The Labute approximate surface area is 137 Å². The van der Waals surface area contributed by atoms with Gasteiger partial charge in [-0.1, -0.05) is 42.8 Å². The number of hydrogen-bond donors (Lipinski definition) is 1. The number of aromatic nitrogens is 1. The van der Waals surface area contributed by atoms with Crippen LogP contribution in [-0.4, -0.2) is 19.2 Å². The Morgan fingerprint density at radius 1 is 1.04 bits per heavy atom. The van der Waals surface area contributed by atoms with Crippen LogP contribution in [-0.2, 0) is 9.84 Å². The first-order chi connectivity index (χ1) is 11.0. The third kappa shape index (κ3) is 3.32. The molecule has 1 unspecified atom stereocenters. The first kappa shape index (κ1) is 15.8. The lowest BCUT2D eigenvalue weighted by Crippen LogP contribution is -2.09. The molecule has 0 amide bonds. The van der Waals surface area contributed by atoms with Crippen molar-refractivity contribution in [2.45, 2.75) is 31.1 Å². The SMILES string of the molecule is Cc1ccc(S(=O)(=O)CCC(C)c2c[nH]c3ccccc23)cc1. The molecule has 1 aromatic heterocycles. The van der Waals surface area contributed by atoms with Crippen LogP contribution in [0.1, 0.15) is 30.4 Å². The highest BCUT2D eigenvalue weighted by atomic mass is 32.2. The van der Waals surface area contributed by atoms with Crippen molar-refractivity contribution in [1.82, 2.24) is 4.98 Å². The van der Waals surface area contributed by atoms with Crippen molar-refractivity contribution < 1.29 is 8.42 Å². The molecule has 0 fully saturated rings. The molecular formula is C19H21NO2S. The Hall–Kier alpha value is -2.07. The maximum atomic E-state index is 12.5. The molecule has 0 aliphatic rings. The van der Waals surface area contributed by atoms with Crippen LogP contribution in [0.5, 0.6) is 0 Å². The minimum Gasteiger partial charge on any atom is -0.361 e. The van der Waals surface area contributed by atoms with Gasteiger partial charge in [-0.05, 0) is 43.0 Å². The number of sulfone groups is 1. The number of aromatic amines is 1. The van der Waals surface area contributed by atoms with Crippen LogP contribution in [0, 0.1) is 6.92 Å². The Bertz CT molecular complexity index is 908. The number of nitrogens with one attached hydrogen (secondary N) is 1. The fraction of sp³-hybridized carbons (Fsp3) is 0.263. The highest BCUT2D eigenvalue weighted by Crippen LogP contribution is 2.28. The first-order valence-corrected chi connectivity index (χ1v) is 9.48. The number of fused-ring (bicyclic) bond motifs is 1. The van der Waals surface area contributed by atoms with Gasteiger partial charge in [-0.3, -0.25) is 0 Å². The molecule has 3 rings (SSSR count). The summed E-state index contributed by atoms with van der Waals surface area (Å²) in [5.41, 5.74) is 3.34. The minimum absolute atomic E-state index is 0.163. The van der Waals surface area contributed by atoms with Gasteiger partial charge in [0.25, 0.3) is 0 Å². The summed E-state index contributed by atoms with van der Waals surface area (Å²) in [6, 6.07) is 15.2. The molecule has 0 radical (unpaired) electrons. The number of benzene rings is 2. The molecule has 23 heavy (non-hydrogen) atoms. The fourth-order valence-electron chi connectivity index (χ4n) is 2.85. The van der Waals surface area contributed by atoms with Gasteiger partial charge in [0.05, 0.1) is 10.6 Å². The first-order valence-electron chi connectivity index (χ1n) is 7.83. The molecule has 0 saturated carbocycles. The predicted molar refractivity (Wildman–Crippen MR) is 94.6 cm³/mol. The van der Waals surface area contributed by atoms with Gasteiger partial charge >= 0.3 is 0 Å². The van der Waals surface area contributed by atoms with Gasteiger partial charge in [0.15, 0.2) is 9.84 Å². The second-order valence-corrected chi connectivity index (χ2v) is 8.22. The maximum Gasteiger partial charge on any atom is 0.178 e. The molecular weight excluding hydrogens is 306 g/mol. The standard InChI is InChI=1S/C19H21NO2S/c1-14-7-9-16(10-8-14)23(21,22)12-11-15(2)18-13-20-19-6-4-3-5-17(18)19/h3-10,13,15,20H,11-12H2,1-2H3. The molecule has 0 aliphatic carbocycles. The van der Waals surface area contributed by atoms with E-state index in [2.05, 4.69) is 18.0 Å². The van der Waals surface area contributed by atoms with Gasteiger partial charge in [0.1, 0.15) is 0 Å². The highest BCUT2D eigenvalue weighted by Gasteiger charge is 2.18. The molecule has 0 aliphatic heterocycles. The number of aryl methyl sites for hydroxylation is 1.